The number of rotatable bonds is 3. The molecule has 0 aliphatic carbocycles. The molecule has 12 heavy (non-hydrogen) atoms. The molecule has 0 fully saturated rings. The lowest BCUT2D eigenvalue weighted by Crippen LogP contribution is -2.28. The van der Waals surface area contributed by atoms with E-state index in [2.05, 4.69) is 6.58 Å². The molecule has 0 aliphatic rings. The van der Waals surface area contributed by atoms with Gasteiger partial charge in [0.2, 0.25) is 7.28 Å². The third-order valence-electron chi connectivity index (χ3n) is 1.78. The second-order valence-electron chi connectivity index (χ2n) is 4.03. The van der Waals surface area contributed by atoms with Gasteiger partial charge in [-0.25, -0.2) is 0 Å². The first kappa shape index (κ1) is 11.1. The van der Waals surface area contributed by atoms with Crippen molar-refractivity contribution in [2.45, 2.75) is 26.6 Å². The van der Waals surface area contributed by atoms with Gasteiger partial charge in [-0.3, -0.25) is 4.79 Å². The topological polar surface area (TPSA) is 57.5 Å². The molecule has 0 radical (unpaired) electrons. The van der Waals surface area contributed by atoms with E-state index in [-0.39, 0.29) is 18.4 Å². The van der Waals surface area contributed by atoms with Crippen LogP contribution in [0.25, 0.3) is 0 Å². The molecule has 0 aromatic rings. The summed E-state index contributed by atoms with van der Waals surface area (Å²) in [7, 11) is 0.124. The Hall–Kier alpha value is -0.925. The second-order valence-corrected chi connectivity index (χ2v) is 4.03. The van der Waals surface area contributed by atoms with E-state index in [1.165, 1.54) is 0 Å². The van der Waals surface area contributed by atoms with Crippen LogP contribution in [0.2, 0.25) is 5.82 Å². The summed E-state index contributed by atoms with van der Waals surface area (Å²) in [6, 6.07) is 0. The summed E-state index contributed by atoms with van der Waals surface area (Å²) in [4.78, 5) is 10.7. The van der Waals surface area contributed by atoms with Crippen LogP contribution in [-0.2, 0) is 4.79 Å². The van der Waals surface area contributed by atoms with Gasteiger partial charge in [0.25, 0.3) is 5.97 Å². The van der Waals surface area contributed by atoms with Crippen molar-refractivity contribution in [3.8, 4) is 0 Å². The summed E-state index contributed by atoms with van der Waals surface area (Å²) in [6.45, 7) is 8.77. The Balaban J connectivity index is 4.46. The van der Waals surface area contributed by atoms with E-state index >= 15 is 0 Å². The number of carboxylic acid groups (broad SMARTS) is 1. The van der Waals surface area contributed by atoms with Gasteiger partial charge < -0.3 is 10.2 Å². The maximum Gasteiger partial charge on any atom is 0.299 e. The van der Waals surface area contributed by atoms with E-state index in [0.717, 1.165) is 0 Å². The van der Waals surface area contributed by atoms with Crippen molar-refractivity contribution in [1.29, 1.82) is 0 Å². The van der Waals surface area contributed by atoms with E-state index in [4.69, 9.17) is 10.2 Å². The van der Waals surface area contributed by atoms with E-state index < -0.39 is 11.8 Å². The Bertz CT molecular complexity index is 193. The third-order valence-corrected chi connectivity index (χ3v) is 1.78. The molecule has 68 valence electrons. The molecule has 0 spiro atoms. The van der Waals surface area contributed by atoms with Crippen molar-refractivity contribution in [2.24, 2.45) is 5.41 Å². The van der Waals surface area contributed by atoms with Gasteiger partial charge in [-0.05, 0) is 5.41 Å². The van der Waals surface area contributed by atoms with Crippen molar-refractivity contribution in [3.05, 3.63) is 12.2 Å². The summed E-state index contributed by atoms with van der Waals surface area (Å²) in [5, 5.41) is 17.7. The van der Waals surface area contributed by atoms with Crippen molar-refractivity contribution < 1.29 is 15.0 Å². The molecule has 0 saturated heterocycles. The molecule has 3 nitrogen and oxygen atoms in total. The van der Waals surface area contributed by atoms with Gasteiger partial charge in [-0.2, -0.15) is 0 Å². The minimum absolute atomic E-state index is 0.0719. The minimum Gasteiger partial charge on any atom is -0.523 e. The van der Waals surface area contributed by atoms with Crippen LogP contribution in [-0.4, -0.2) is 23.5 Å². The van der Waals surface area contributed by atoms with Gasteiger partial charge >= 0.3 is 0 Å². The largest absolute Gasteiger partial charge is 0.523 e. The first-order valence-electron chi connectivity index (χ1n) is 3.84. The molecule has 1 atom stereocenters. The van der Waals surface area contributed by atoms with Crippen LogP contribution in [0.3, 0.4) is 0 Å². The Morgan fingerprint density at radius 2 is 1.83 bits per heavy atom. The predicted molar refractivity (Wildman–Crippen MR) is 49.8 cm³/mol. The van der Waals surface area contributed by atoms with E-state index in [9.17, 15) is 4.79 Å². The van der Waals surface area contributed by atoms with Gasteiger partial charge in [-0.15, -0.1) is 0 Å². The Kier molecular flexibility index (Phi) is 3.37. The Morgan fingerprint density at radius 1 is 1.42 bits per heavy atom. The molecule has 2 N–H and O–H groups in total. The highest BCUT2D eigenvalue weighted by Gasteiger charge is 2.32. The molecule has 0 rings (SSSR count). The first-order valence-corrected chi connectivity index (χ1v) is 3.84. The number of aliphatic hydroxyl groups excluding tert-OH is 1. The minimum atomic E-state index is -0.891. The normalized spacial score (nSPS) is 13.6. The Morgan fingerprint density at radius 3 is 1.92 bits per heavy atom. The van der Waals surface area contributed by atoms with Crippen molar-refractivity contribution >= 4 is 13.2 Å². The molecule has 0 aliphatic heterocycles. The average Bonchev–Trinajstić information content (AvgIpc) is 1.79. The molecule has 0 saturated carbocycles. The second kappa shape index (κ2) is 3.65. The fraction of sp³-hybridized carbons (Fsp3) is 0.625. The van der Waals surface area contributed by atoms with Crippen LogP contribution < -0.4 is 0 Å². The number of aliphatic carboxylic acids is 1. The van der Waals surface area contributed by atoms with Gasteiger partial charge in [0, 0.05) is 11.5 Å². The Labute approximate surface area is 73.3 Å². The van der Waals surface area contributed by atoms with Crippen LogP contribution in [0.1, 0.15) is 20.8 Å². The summed E-state index contributed by atoms with van der Waals surface area (Å²) >= 11 is 0. The molecular formula is C8H15BO3. The number of carbonyl (C=O) groups is 1. The fourth-order valence-corrected chi connectivity index (χ4v) is 1.000. The zero-order chi connectivity index (χ0) is 9.94. The number of carboxylic acids is 1. The third kappa shape index (κ3) is 3.46. The highest BCUT2D eigenvalue weighted by atomic mass is 16.4. The van der Waals surface area contributed by atoms with Gasteiger partial charge in [0.1, 0.15) is 0 Å². The lowest BCUT2D eigenvalue weighted by molar-refractivity contribution is -0.138. The molecular weight excluding hydrogens is 155 g/mol. The molecule has 0 bridgehead atoms. The molecule has 0 amide bonds. The quantitative estimate of drug-likeness (QED) is 0.496. The van der Waals surface area contributed by atoms with Gasteiger partial charge in [-0.1, -0.05) is 27.4 Å². The van der Waals surface area contributed by atoms with Gasteiger partial charge in [0.15, 0.2) is 0 Å². The van der Waals surface area contributed by atoms with Crippen molar-refractivity contribution in [1.82, 2.24) is 0 Å². The monoisotopic (exact) mass is 170 g/mol. The molecule has 1 unspecified atom stereocenters. The summed E-state index contributed by atoms with van der Waals surface area (Å²) in [6.07, 6.45) is 0. The van der Waals surface area contributed by atoms with E-state index in [1.54, 1.807) is 0 Å². The van der Waals surface area contributed by atoms with E-state index in [0.29, 0.717) is 0 Å². The highest BCUT2D eigenvalue weighted by molar-refractivity contribution is 6.50. The smallest absolute Gasteiger partial charge is 0.299 e. The molecule has 0 aromatic heterocycles. The molecule has 0 heterocycles. The fourth-order valence-electron chi connectivity index (χ4n) is 1.000. The van der Waals surface area contributed by atoms with Crippen LogP contribution in [0.4, 0.5) is 0 Å². The average molecular weight is 170 g/mol. The van der Waals surface area contributed by atoms with E-state index in [1.807, 2.05) is 20.8 Å². The lowest BCUT2D eigenvalue weighted by atomic mass is 9.54. The van der Waals surface area contributed by atoms with Gasteiger partial charge in [0.05, 0.1) is 0 Å². The zero-order valence-electron chi connectivity index (χ0n) is 7.79. The van der Waals surface area contributed by atoms with Crippen molar-refractivity contribution in [2.75, 3.05) is 0 Å². The standard InChI is InChI=1S/C8H15BO3/c1-5(10)9-6(7(11)12)8(2,3)4/h6,9-10H,1H2,2-4H3,(H,11,12). The van der Waals surface area contributed by atoms with Crippen molar-refractivity contribution in [3.63, 3.8) is 0 Å². The summed E-state index contributed by atoms with van der Waals surface area (Å²) in [5.74, 6) is -1.47. The SMILES string of the molecule is C=C(O)BC(C(=O)O)C(C)(C)C. The first-order chi connectivity index (χ1) is 5.25. The predicted octanol–water partition coefficient (Wildman–Crippen LogP) is 1.37. The maximum absolute atomic E-state index is 10.7. The van der Waals surface area contributed by atoms with Crippen LogP contribution in [0, 0.1) is 5.41 Å². The number of hydrogen-bond donors (Lipinski definition) is 2. The number of aliphatic hydroxyl groups is 1. The van der Waals surface area contributed by atoms with Crippen LogP contribution in [0.5, 0.6) is 0 Å². The lowest BCUT2D eigenvalue weighted by Gasteiger charge is -2.25. The van der Waals surface area contributed by atoms with Crippen LogP contribution >= 0.6 is 0 Å². The molecule has 4 heteroatoms. The summed E-state index contributed by atoms with van der Waals surface area (Å²) < 4.78 is 0. The zero-order valence-corrected chi connectivity index (χ0v) is 7.79. The van der Waals surface area contributed by atoms with Crippen LogP contribution in [0.15, 0.2) is 12.2 Å². The summed E-state index contributed by atoms with van der Waals surface area (Å²) in [5.41, 5.74) is -0.422. The number of hydrogen-bond acceptors (Lipinski definition) is 2. The molecule has 0 aromatic carbocycles. The maximum atomic E-state index is 10.7. The highest BCUT2D eigenvalue weighted by Crippen LogP contribution is 2.31.